The van der Waals surface area contributed by atoms with Gasteiger partial charge < -0.3 is 5.32 Å². The summed E-state index contributed by atoms with van der Waals surface area (Å²) >= 11 is 9.68. The molecule has 0 saturated heterocycles. The molecule has 0 aliphatic carbocycles. The van der Waals surface area contributed by atoms with Gasteiger partial charge >= 0.3 is 0 Å². The van der Waals surface area contributed by atoms with Crippen LogP contribution in [0.4, 0.5) is 5.82 Å². The van der Waals surface area contributed by atoms with E-state index in [1.54, 1.807) is 17.5 Å². The standard InChI is InChI=1S/C17H13Br2N3OS2/c1-10-2-4-11(5-3-10)14-8-24-17(21-14)25-9-15(23)22-16-13(19)6-12(18)7-20-16/h2-8H,9H2,1H3,(H,20,22,23). The predicted molar refractivity (Wildman–Crippen MR) is 111 cm³/mol. The van der Waals surface area contributed by atoms with Crippen LogP contribution in [0.3, 0.4) is 0 Å². The molecule has 0 atom stereocenters. The third-order valence-electron chi connectivity index (χ3n) is 3.22. The van der Waals surface area contributed by atoms with E-state index in [9.17, 15) is 4.79 Å². The highest BCUT2D eigenvalue weighted by molar-refractivity contribution is 9.11. The summed E-state index contributed by atoms with van der Waals surface area (Å²) in [4.78, 5) is 20.9. The average molecular weight is 499 g/mol. The van der Waals surface area contributed by atoms with Gasteiger partial charge in [-0.15, -0.1) is 11.3 Å². The molecule has 2 heterocycles. The number of halogens is 2. The minimum Gasteiger partial charge on any atom is -0.309 e. The fourth-order valence-electron chi connectivity index (χ4n) is 1.98. The van der Waals surface area contributed by atoms with Gasteiger partial charge in [0, 0.05) is 21.6 Å². The van der Waals surface area contributed by atoms with Gasteiger partial charge in [-0.05, 0) is 44.8 Å². The van der Waals surface area contributed by atoms with Crippen molar-refractivity contribution >= 4 is 66.7 Å². The minimum atomic E-state index is -0.118. The third kappa shape index (κ3) is 5.13. The molecule has 8 heteroatoms. The van der Waals surface area contributed by atoms with Crippen LogP contribution >= 0.6 is 55.0 Å². The lowest BCUT2D eigenvalue weighted by Gasteiger charge is -2.05. The van der Waals surface area contributed by atoms with Crippen molar-refractivity contribution in [1.29, 1.82) is 0 Å². The Morgan fingerprint density at radius 3 is 2.76 bits per heavy atom. The molecule has 0 unspecified atom stereocenters. The molecule has 1 N–H and O–H groups in total. The first kappa shape index (κ1) is 18.6. The first-order valence-corrected chi connectivity index (χ1v) is 10.7. The zero-order valence-corrected chi connectivity index (χ0v) is 17.9. The second kappa shape index (κ2) is 8.44. The van der Waals surface area contributed by atoms with Crippen molar-refractivity contribution in [2.24, 2.45) is 0 Å². The van der Waals surface area contributed by atoms with E-state index < -0.39 is 0 Å². The maximum Gasteiger partial charge on any atom is 0.236 e. The lowest BCUT2D eigenvalue weighted by atomic mass is 10.1. The summed E-state index contributed by atoms with van der Waals surface area (Å²) in [6.07, 6.45) is 1.64. The Bertz CT molecular complexity index is 897. The van der Waals surface area contributed by atoms with Gasteiger partial charge in [-0.25, -0.2) is 9.97 Å². The number of pyridine rings is 1. The van der Waals surface area contributed by atoms with E-state index in [0.29, 0.717) is 5.82 Å². The van der Waals surface area contributed by atoms with Crippen LogP contribution in [-0.2, 0) is 4.79 Å². The molecule has 3 aromatic rings. The van der Waals surface area contributed by atoms with Crippen LogP contribution in [0.15, 0.2) is 55.2 Å². The van der Waals surface area contributed by atoms with Crippen LogP contribution < -0.4 is 5.32 Å². The number of thiazole rings is 1. The molecule has 0 saturated carbocycles. The molecule has 0 radical (unpaired) electrons. The Morgan fingerprint density at radius 1 is 1.28 bits per heavy atom. The monoisotopic (exact) mass is 497 g/mol. The van der Waals surface area contributed by atoms with Crippen molar-refractivity contribution in [3.63, 3.8) is 0 Å². The number of nitrogens with zero attached hydrogens (tertiary/aromatic N) is 2. The molecule has 128 valence electrons. The van der Waals surface area contributed by atoms with Crippen LogP contribution in [0.1, 0.15) is 5.56 Å². The van der Waals surface area contributed by atoms with E-state index in [1.165, 1.54) is 17.3 Å². The summed E-state index contributed by atoms with van der Waals surface area (Å²) in [6.45, 7) is 2.06. The second-order valence-corrected chi connectivity index (χ2v) is 9.04. The highest BCUT2D eigenvalue weighted by atomic mass is 79.9. The Balaban J connectivity index is 1.58. The molecule has 3 rings (SSSR count). The Labute approximate surface area is 170 Å². The number of aryl methyl sites for hydroxylation is 1. The number of hydrogen-bond donors (Lipinski definition) is 1. The van der Waals surface area contributed by atoms with E-state index in [4.69, 9.17) is 0 Å². The Morgan fingerprint density at radius 2 is 2.04 bits per heavy atom. The Kier molecular flexibility index (Phi) is 6.27. The van der Waals surface area contributed by atoms with Crippen LogP contribution in [0.25, 0.3) is 11.3 Å². The molecule has 2 aromatic heterocycles. The van der Waals surface area contributed by atoms with Crippen LogP contribution in [0.5, 0.6) is 0 Å². The van der Waals surface area contributed by atoms with Crippen molar-refractivity contribution in [3.8, 4) is 11.3 Å². The minimum absolute atomic E-state index is 0.118. The number of hydrogen-bond acceptors (Lipinski definition) is 5. The maximum absolute atomic E-state index is 12.1. The van der Waals surface area contributed by atoms with Gasteiger partial charge in [0.25, 0.3) is 0 Å². The number of amides is 1. The number of thioether (sulfide) groups is 1. The number of anilines is 1. The number of carbonyl (C=O) groups is 1. The molecule has 0 fully saturated rings. The zero-order valence-electron chi connectivity index (χ0n) is 13.1. The smallest absolute Gasteiger partial charge is 0.236 e. The van der Waals surface area contributed by atoms with Crippen molar-refractivity contribution in [2.75, 3.05) is 11.1 Å². The SMILES string of the molecule is Cc1ccc(-c2csc(SCC(=O)Nc3ncc(Br)cc3Br)n2)cc1. The summed E-state index contributed by atoms with van der Waals surface area (Å²) in [5, 5.41) is 4.80. The van der Waals surface area contributed by atoms with Gasteiger partial charge in [0.05, 0.1) is 15.9 Å². The van der Waals surface area contributed by atoms with E-state index in [1.807, 2.05) is 11.4 Å². The van der Waals surface area contributed by atoms with Crippen LogP contribution in [0.2, 0.25) is 0 Å². The molecule has 1 aromatic carbocycles. The van der Waals surface area contributed by atoms with Gasteiger partial charge in [-0.3, -0.25) is 4.79 Å². The summed E-state index contributed by atoms with van der Waals surface area (Å²) in [5.74, 6) is 0.672. The molecule has 0 aliphatic heterocycles. The van der Waals surface area contributed by atoms with Gasteiger partial charge in [-0.1, -0.05) is 41.6 Å². The largest absolute Gasteiger partial charge is 0.309 e. The highest BCUT2D eigenvalue weighted by Crippen LogP contribution is 2.29. The summed E-state index contributed by atoms with van der Waals surface area (Å²) < 4.78 is 2.45. The normalized spacial score (nSPS) is 10.7. The lowest BCUT2D eigenvalue weighted by Crippen LogP contribution is -2.15. The van der Waals surface area contributed by atoms with Gasteiger partial charge in [0.1, 0.15) is 5.82 Å². The Hall–Kier alpha value is -1.22. The quantitative estimate of drug-likeness (QED) is 0.453. The average Bonchev–Trinajstić information content (AvgIpc) is 3.05. The van der Waals surface area contributed by atoms with Crippen LogP contribution in [-0.4, -0.2) is 21.6 Å². The van der Waals surface area contributed by atoms with E-state index in [-0.39, 0.29) is 11.7 Å². The summed E-state index contributed by atoms with van der Waals surface area (Å²) in [7, 11) is 0. The summed E-state index contributed by atoms with van der Waals surface area (Å²) in [5.41, 5.74) is 3.24. The predicted octanol–water partition coefficient (Wildman–Crippen LogP) is 5.77. The molecular formula is C17H13Br2N3OS2. The van der Waals surface area contributed by atoms with Gasteiger partial charge in [0.15, 0.2) is 4.34 Å². The number of benzene rings is 1. The summed E-state index contributed by atoms with van der Waals surface area (Å²) in [6, 6.07) is 10.1. The molecule has 25 heavy (non-hydrogen) atoms. The fourth-order valence-corrected chi connectivity index (χ4v) is 4.70. The highest BCUT2D eigenvalue weighted by Gasteiger charge is 2.10. The van der Waals surface area contributed by atoms with Crippen molar-refractivity contribution < 1.29 is 4.79 Å². The molecule has 4 nitrogen and oxygen atoms in total. The molecule has 1 amide bonds. The zero-order chi connectivity index (χ0) is 17.8. The molecular weight excluding hydrogens is 486 g/mol. The number of aromatic nitrogens is 2. The van der Waals surface area contributed by atoms with E-state index >= 15 is 0 Å². The topological polar surface area (TPSA) is 54.9 Å². The number of carbonyl (C=O) groups excluding carboxylic acids is 1. The molecule has 0 spiro atoms. The number of rotatable bonds is 5. The van der Waals surface area contributed by atoms with Crippen molar-refractivity contribution in [3.05, 3.63) is 56.4 Å². The van der Waals surface area contributed by atoms with E-state index in [0.717, 1.165) is 24.5 Å². The van der Waals surface area contributed by atoms with Crippen molar-refractivity contribution in [1.82, 2.24) is 9.97 Å². The van der Waals surface area contributed by atoms with Crippen LogP contribution in [0, 0.1) is 6.92 Å². The third-order valence-corrected chi connectivity index (χ3v) is 6.28. The molecule has 0 aliphatic rings. The molecule has 0 bridgehead atoms. The fraction of sp³-hybridized carbons (Fsp3) is 0.118. The second-order valence-electron chi connectivity index (χ2n) is 5.19. The first-order valence-electron chi connectivity index (χ1n) is 7.27. The van der Waals surface area contributed by atoms with Gasteiger partial charge in [-0.2, -0.15) is 0 Å². The van der Waals surface area contributed by atoms with E-state index in [2.05, 4.69) is 78.3 Å². The number of nitrogens with one attached hydrogen (secondary N) is 1. The lowest BCUT2D eigenvalue weighted by molar-refractivity contribution is -0.113. The van der Waals surface area contributed by atoms with Gasteiger partial charge in [0.2, 0.25) is 5.91 Å². The maximum atomic E-state index is 12.1. The van der Waals surface area contributed by atoms with Crippen molar-refractivity contribution in [2.45, 2.75) is 11.3 Å². The first-order chi connectivity index (χ1) is 12.0.